The van der Waals surface area contributed by atoms with Crippen LogP contribution in [-0.4, -0.2) is 28.6 Å². The molecule has 1 fully saturated rings. The summed E-state index contributed by atoms with van der Waals surface area (Å²) < 4.78 is 0. The maximum Gasteiger partial charge on any atom is 0.307 e. The topological polar surface area (TPSA) is 40.5 Å². The Hall–Kier alpha value is -1.35. The number of hydrogen-bond donors (Lipinski definition) is 1. The minimum Gasteiger partial charge on any atom is -0.481 e. The van der Waals surface area contributed by atoms with Gasteiger partial charge in [0, 0.05) is 19.1 Å². The van der Waals surface area contributed by atoms with Gasteiger partial charge in [0.05, 0.1) is 5.92 Å². The van der Waals surface area contributed by atoms with E-state index < -0.39 is 5.97 Å². The number of carboxylic acids is 1. The van der Waals surface area contributed by atoms with Gasteiger partial charge in [-0.1, -0.05) is 45.0 Å². The Morgan fingerprint density at radius 1 is 1.24 bits per heavy atom. The van der Waals surface area contributed by atoms with Gasteiger partial charge in [0.25, 0.3) is 0 Å². The molecule has 1 aromatic carbocycles. The first kappa shape index (κ1) is 16.0. The number of aliphatic carboxylic acids is 1. The fourth-order valence-electron chi connectivity index (χ4n) is 2.95. The number of carboxylic acid groups (broad SMARTS) is 1. The molecule has 116 valence electrons. The third kappa shape index (κ3) is 4.07. The zero-order valence-corrected chi connectivity index (χ0v) is 13.6. The lowest BCUT2D eigenvalue weighted by Crippen LogP contribution is -2.43. The third-order valence-electron chi connectivity index (χ3n) is 4.57. The number of likely N-dealkylation sites (tertiary alicyclic amines) is 1. The molecule has 1 N–H and O–H groups in total. The number of benzene rings is 1. The molecule has 1 aliphatic rings. The standard InChI is InChI=1S/C18H27NO2/c1-13-5-8-15(17(20)21)12-19(13)11-14-6-9-16(10-7-14)18(2,3)4/h6-7,9-10,13,15H,5,8,11-12H2,1-4H3,(H,20,21). The molecular formula is C18H27NO2. The molecule has 0 amide bonds. The van der Waals surface area contributed by atoms with Gasteiger partial charge in [0.2, 0.25) is 0 Å². The summed E-state index contributed by atoms with van der Waals surface area (Å²) in [6.07, 6.45) is 1.77. The molecular weight excluding hydrogens is 262 g/mol. The summed E-state index contributed by atoms with van der Waals surface area (Å²) in [6, 6.07) is 9.20. The number of carbonyl (C=O) groups is 1. The molecule has 1 heterocycles. The van der Waals surface area contributed by atoms with E-state index >= 15 is 0 Å². The molecule has 0 aliphatic carbocycles. The Kier molecular flexibility index (Phi) is 4.72. The van der Waals surface area contributed by atoms with Crippen molar-refractivity contribution in [3.05, 3.63) is 35.4 Å². The van der Waals surface area contributed by atoms with E-state index in [1.54, 1.807) is 0 Å². The summed E-state index contributed by atoms with van der Waals surface area (Å²) in [5, 5.41) is 9.21. The maximum atomic E-state index is 11.2. The second-order valence-electron chi connectivity index (χ2n) is 7.34. The van der Waals surface area contributed by atoms with Gasteiger partial charge in [-0.25, -0.2) is 0 Å². The van der Waals surface area contributed by atoms with E-state index in [2.05, 4.69) is 56.9 Å². The number of hydrogen-bond acceptors (Lipinski definition) is 2. The van der Waals surface area contributed by atoms with Gasteiger partial charge in [-0.3, -0.25) is 9.69 Å². The van der Waals surface area contributed by atoms with E-state index in [0.717, 1.165) is 19.4 Å². The van der Waals surface area contributed by atoms with E-state index in [-0.39, 0.29) is 11.3 Å². The van der Waals surface area contributed by atoms with Gasteiger partial charge in [0.15, 0.2) is 0 Å². The van der Waals surface area contributed by atoms with E-state index in [4.69, 9.17) is 0 Å². The predicted molar refractivity (Wildman–Crippen MR) is 85.4 cm³/mol. The first-order valence-electron chi connectivity index (χ1n) is 7.83. The molecule has 0 aromatic heterocycles. The molecule has 21 heavy (non-hydrogen) atoms. The first-order chi connectivity index (χ1) is 9.77. The molecule has 1 saturated heterocycles. The van der Waals surface area contributed by atoms with Crippen LogP contribution >= 0.6 is 0 Å². The van der Waals surface area contributed by atoms with Gasteiger partial charge in [0.1, 0.15) is 0 Å². The first-order valence-corrected chi connectivity index (χ1v) is 7.83. The van der Waals surface area contributed by atoms with E-state index in [1.807, 2.05) is 0 Å². The average Bonchev–Trinajstić information content (AvgIpc) is 2.40. The summed E-state index contributed by atoms with van der Waals surface area (Å²) in [7, 11) is 0. The number of piperidine rings is 1. The summed E-state index contributed by atoms with van der Waals surface area (Å²) in [5.41, 5.74) is 2.77. The van der Waals surface area contributed by atoms with Crippen molar-refractivity contribution in [2.45, 2.75) is 58.5 Å². The summed E-state index contributed by atoms with van der Waals surface area (Å²) in [6.45, 7) is 10.3. The van der Waals surface area contributed by atoms with E-state index in [1.165, 1.54) is 11.1 Å². The second-order valence-corrected chi connectivity index (χ2v) is 7.34. The lowest BCUT2D eigenvalue weighted by Gasteiger charge is -2.36. The van der Waals surface area contributed by atoms with Gasteiger partial charge in [-0.15, -0.1) is 0 Å². The fraction of sp³-hybridized carbons (Fsp3) is 0.611. The molecule has 1 aliphatic heterocycles. The van der Waals surface area contributed by atoms with Crippen molar-refractivity contribution in [3.8, 4) is 0 Å². The van der Waals surface area contributed by atoms with Crippen LogP contribution < -0.4 is 0 Å². The van der Waals surface area contributed by atoms with Gasteiger partial charge in [-0.2, -0.15) is 0 Å². The largest absolute Gasteiger partial charge is 0.481 e. The van der Waals surface area contributed by atoms with Crippen LogP contribution in [0.1, 0.15) is 51.7 Å². The highest BCUT2D eigenvalue weighted by molar-refractivity contribution is 5.70. The molecule has 0 bridgehead atoms. The Labute approximate surface area is 128 Å². The van der Waals surface area contributed by atoms with Crippen LogP contribution in [0.15, 0.2) is 24.3 Å². The van der Waals surface area contributed by atoms with Crippen molar-refractivity contribution >= 4 is 5.97 Å². The molecule has 1 aromatic rings. The van der Waals surface area contributed by atoms with Crippen LogP contribution in [0.4, 0.5) is 0 Å². The summed E-state index contributed by atoms with van der Waals surface area (Å²) >= 11 is 0. The summed E-state index contributed by atoms with van der Waals surface area (Å²) in [4.78, 5) is 13.5. The molecule has 3 heteroatoms. The normalized spacial score (nSPS) is 24.0. The Morgan fingerprint density at radius 3 is 2.38 bits per heavy atom. The van der Waals surface area contributed by atoms with Crippen molar-refractivity contribution in [2.75, 3.05) is 6.54 Å². The Bertz CT molecular complexity index is 487. The zero-order chi connectivity index (χ0) is 15.6. The van der Waals surface area contributed by atoms with Crippen LogP contribution in [0.5, 0.6) is 0 Å². The Balaban J connectivity index is 2.04. The monoisotopic (exact) mass is 289 g/mol. The lowest BCUT2D eigenvalue weighted by molar-refractivity contribution is -0.144. The van der Waals surface area contributed by atoms with Crippen LogP contribution in [0, 0.1) is 5.92 Å². The molecule has 2 unspecified atom stereocenters. The molecule has 2 rings (SSSR count). The van der Waals surface area contributed by atoms with Crippen LogP contribution in [0.25, 0.3) is 0 Å². The van der Waals surface area contributed by atoms with Crippen molar-refractivity contribution < 1.29 is 9.90 Å². The molecule has 0 radical (unpaired) electrons. The van der Waals surface area contributed by atoms with Gasteiger partial charge >= 0.3 is 5.97 Å². The predicted octanol–water partition coefficient (Wildman–Crippen LogP) is 3.67. The van der Waals surface area contributed by atoms with Crippen LogP contribution in [0.3, 0.4) is 0 Å². The molecule has 0 saturated carbocycles. The highest BCUT2D eigenvalue weighted by Crippen LogP contribution is 2.26. The van der Waals surface area contributed by atoms with Crippen molar-refractivity contribution in [3.63, 3.8) is 0 Å². The highest BCUT2D eigenvalue weighted by atomic mass is 16.4. The second kappa shape index (κ2) is 6.18. The fourth-order valence-corrected chi connectivity index (χ4v) is 2.95. The van der Waals surface area contributed by atoms with Crippen molar-refractivity contribution in [2.24, 2.45) is 5.92 Å². The van der Waals surface area contributed by atoms with E-state index in [9.17, 15) is 9.90 Å². The van der Waals surface area contributed by atoms with Gasteiger partial charge in [-0.05, 0) is 36.3 Å². The third-order valence-corrected chi connectivity index (χ3v) is 4.57. The quantitative estimate of drug-likeness (QED) is 0.923. The summed E-state index contributed by atoms with van der Waals surface area (Å²) in [5.74, 6) is -0.870. The SMILES string of the molecule is CC1CCC(C(=O)O)CN1Cc1ccc(C(C)(C)C)cc1. The molecule has 0 spiro atoms. The maximum absolute atomic E-state index is 11.2. The van der Waals surface area contributed by atoms with Crippen molar-refractivity contribution in [1.29, 1.82) is 0 Å². The highest BCUT2D eigenvalue weighted by Gasteiger charge is 2.29. The number of rotatable bonds is 3. The van der Waals surface area contributed by atoms with Crippen LogP contribution in [0.2, 0.25) is 0 Å². The minimum atomic E-state index is -0.657. The number of nitrogens with zero attached hydrogens (tertiary/aromatic N) is 1. The molecule has 2 atom stereocenters. The van der Waals surface area contributed by atoms with Crippen molar-refractivity contribution in [1.82, 2.24) is 4.90 Å². The average molecular weight is 289 g/mol. The van der Waals surface area contributed by atoms with Crippen LogP contribution in [-0.2, 0) is 16.8 Å². The van der Waals surface area contributed by atoms with E-state index in [0.29, 0.717) is 12.6 Å². The lowest BCUT2D eigenvalue weighted by atomic mass is 9.86. The minimum absolute atomic E-state index is 0.172. The smallest absolute Gasteiger partial charge is 0.307 e. The molecule has 3 nitrogen and oxygen atoms in total. The zero-order valence-electron chi connectivity index (χ0n) is 13.6. The van der Waals surface area contributed by atoms with Gasteiger partial charge < -0.3 is 5.11 Å². The Morgan fingerprint density at radius 2 is 1.86 bits per heavy atom.